The molecule has 0 atom stereocenters. The number of benzene rings is 1. The highest BCUT2D eigenvalue weighted by Gasteiger charge is 2.30. The molecule has 21 heavy (non-hydrogen) atoms. The third-order valence-corrected chi connectivity index (χ3v) is 4.08. The van der Waals surface area contributed by atoms with Gasteiger partial charge in [-0.1, -0.05) is 6.07 Å². The fourth-order valence-electron chi connectivity index (χ4n) is 1.97. The van der Waals surface area contributed by atoms with Gasteiger partial charge >= 0.3 is 12.1 Å². The van der Waals surface area contributed by atoms with E-state index in [9.17, 15) is 18.0 Å². The zero-order valence-corrected chi connectivity index (χ0v) is 11.0. The maximum absolute atomic E-state index is 12.7. The van der Waals surface area contributed by atoms with Crippen molar-refractivity contribution in [1.29, 1.82) is 0 Å². The number of H-pyrrole nitrogens is 1. The van der Waals surface area contributed by atoms with E-state index >= 15 is 0 Å². The van der Waals surface area contributed by atoms with Crippen molar-refractivity contribution >= 4 is 27.4 Å². The van der Waals surface area contributed by atoms with Gasteiger partial charge in [0.1, 0.15) is 5.56 Å². The number of aromatic nitrogens is 2. The first-order valence-corrected chi connectivity index (χ1v) is 6.56. The molecule has 0 unspecified atom stereocenters. The van der Waals surface area contributed by atoms with Crippen LogP contribution in [0.3, 0.4) is 0 Å². The monoisotopic (exact) mass is 312 g/mol. The molecule has 2 heterocycles. The van der Waals surface area contributed by atoms with Crippen LogP contribution >= 0.6 is 11.3 Å². The number of nitrogens with zero attached hydrogens (tertiary/aromatic N) is 1. The van der Waals surface area contributed by atoms with Crippen molar-refractivity contribution in [3.63, 3.8) is 0 Å². The lowest BCUT2D eigenvalue weighted by atomic mass is 10.1. The van der Waals surface area contributed by atoms with E-state index in [2.05, 4.69) is 10.2 Å². The van der Waals surface area contributed by atoms with Gasteiger partial charge in [0, 0.05) is 4.70 Å². The van der Waals surface area contributed by atoms with E-state index in [1.165, 1.54) is 12.3 Å². The molecule has 0 saturated heterocycles. The van der Waals surface area contributed by atoms with E-state index < -0.39 is 17.7 Å². The molecule has 3 aromatic rings. The molecule has 0 fully saturated rings. The summed E-state index contributed by atoms with van der Waals surface area (Å²) in [5.74, 6) is -1.15. The summed E-state index contributed by atoms with van der Waals surface area (Å²) in [5.41, 5.74) is -0.457. The molecule has 0 aliphatic rings. The standard InChI is InChI=1S/C13H7F3N2O2S/c14-13(15,16)7-2-1-6-3-10(21-9(6)4-7)11-8(12(19)20)5-17-18-11/h1-5H,(H,17,18)(H,19,20). The van der Waals surface area contributed by atoms with Crippen LogP contribution in [0.15, 0.2) is 30.5 Å². The number of carbonyl (C=O) groups is 1. The Morgan fingerprint density at radius 1 is 1.29 bits per heavy atom. The van der Waals surface area contributed by atoms with Crippen molar-refractivity contribution in [3.8, 4) is 10.6 Å². The summed E-state index contributed by atoms with van der Waals surface area (Å²) in [6.07, 6.45) is -3.23. The first kappa shape index (κ1) is 13.6. The van der Waals surface area contributed by atoms with Gasteiger partial charge in [-0.05, 0) is 23.6 Å². The number of nitrogens with one attached hydrogen (secondary N) is 1. The Morgan fingerprint density at radius 3 is 2.71 bits per heavy atom. The lowest BCUT2D eigenvalue weighted by Crippen LogP contribution is -2.03. The number of halogens is 3. The third-order valence-electron chi connectivity index (χ3n) is 2.96. The molecule has 0 radical (unpaired) electrons. The molecule has 0 aliphatic carbocycles. The highest BCUT2D eigenvalue weighted by atomic mass is 32.1. The number of carboxylic acid groups (broad SMARTS) is 1. The lowest BCUT2D eigenvalue weighted by molar-refractivity contribution is -0.137. The van der Waals surface area contributed by atoms with Crippen molar-refractivity contribution in [2.45, 2.75) is 6.18 Å². The quantitative estimate of drug-likeness (QED) is 0.751. The van der Waals surface area contributed by atoms with Crippen LogP contribution < -0.4 is 0 Å². The summed E-state index contributed by atoms with van der Waals surface area (Å²) in [7, 11) is 0. The van der Waals surface area contributed by atoms with Crippen molar-refractivity contribution in [2.75, 3.05) is 0 Å². The molecule has 0 aliphatic heterocycles. The minimum absolute atomic E-state index is 0.0161. The maximum Gasteiger partial charge on any atom is 0.416 e. The third kappa shape index (κ3) is 2.38. The largest absolute Gasteiger partial charge is 0.478 e. The number of aromatic carboxylic acids is 1. The maximum atomic E-state index is 12.7. The van der Waals surface area contributed by atoms with Crippen LogP contribution in [0.5, 0.6) is 0 Å². The zero-order valence-electron chi connectivity index (χ0n) is 10.2. The molecular formula is C13H7F3N2O2S. The predicted octanol–water partition coefficient (Wildman–Crippen LogP) is 4.01. The second kappa shape index (κ2) is 4.59. The molecule has 0 saturated carbocycles. The average molecular weight is 312 g/mol. The van der Waals surface area contributed by atoms with E-state index in [4.69, 9.17) is 5.11 Å². The Kier molecular flexibility index (Phi) is 2.98. The summed E-state index contributed by atoms with van der Waals surface area (Å²) >= 11 is 1.08. The Labute approximate surface area is 119 Å². The molecule has 2 N–H and O–H groups in total. The Balaban J connectivity index is 2.13. The Morgan fingerprint density at radius 2 is 2.05 bits per heavy atom. The lowest BCUT2D eigenvalue weighted by Gasteiger charge is -2.05. The number of hydrogen-bond donors (Lipinski definition) is 2. The van der Waals surface area contributed by atoms with Gasteiger partial charge in [-0.2, -0.15) is 18.3 Å². The number of fused-ring (bicyclic) bond motifs is 1. The summed E-state index contributed by atoms with van der Waals surface area (Å²) in [6, 6.07) is 5.07. The van der Waals surface area contributed by atoms with Crippen LogP contribution in [0.2, 0.25) is 0 Å². The fourth-order valence-corrected chi connectivity index (χ4v) is 3.08. The van der Waals surface area contributed by atoms with Gasteiger partial charge in [0.2, 0.25) is 0 Å². The summed E-state index contributed by atoms with van der Waals surface area (Å²) < 4.78 is 38.5. The van der Waals surface area contributed by atoms with E-state index in [-0.39, 0.29) is 11.3 Å². The van der Waals surface area contributed by atoms with Gasteiger partial charge in [0.05, 0.1) is 22.3 Å². The van der Waals surface area contributed by atoms with Gasteiger partial charge in [-0.3, -0.25) is 5.10 Å². The first-order chi connectivity index (χ1) is 9.86. The Bertz CT molecular complexity index is 835. The molecule has 0 spiro atoms. The predicted molar refractivity (Wildman–Crippen MR) is 71.4 cm³/mol. The number of alkyl halides is 3. The normalized spacial score (nSPS) is 12.0. The highest BCUT2D eigenvalue weighted by molar-refractivity contribution is 7.22. The number of hydrogen-bond acceptors (Lipinski definition) is 3. The van der Waals surface area contributed by atoms with Crippen molar-refractivity contribution in [2.24, 2.45) is 0 Å². The molecule has 4 nitrogen and oxygen atoms in total. The molecule has 2 aromatic heterocycles. The van der Waals surface area contributed by atoms with Crippen molar-refractivity contribution in [3.05, 3.63) is 41.6 Å². The molecule has 0 bridgehead atoms. The zero-order chi connectivity index (χ0) is 15.2. The van der Waals surface area contributed by atoms with Crippen LogP contribution in [0.4, 0.5) is 13.2 Å². The molecule has 108 valence electrons. The minimum atomic E-state index is -4.40. The molecule has 3 rings (SSSR count). The average Bonchev–Trinajstić information content (AvgIpc) is 3.02. The molecule has 0 amide bonds. The fraction of sp³-hybridized carbons (Fsp3) is 0.0769. The van der Waals surface area contributed by atoms with Gasteiger partial charge in [-0.15, -0.1) is 11.3 Å². The minimum Gasteiger partial charge on any atom is -0.478 e. The van der Waals surface area contributed by atoms with Crippen LogP contribution in [0, 0.1) is 0 Å². The number of thiophene rings is 1. The first-order valence-electron chi connectivity index (χ1n) is 5.74. The van der Waals surface area contributed by atoms with E-state index in [0.717, 1.165) is 23.5 Å². The molecule has 1 aromatic carbocycles. The van der Waals surface area contributed by atoms with E-state index in [1.54, 1.807) is 6.07 Å². The SMILES string of the molecule is O=C(O)c1cn[nH]c1-c1cc2ccc(C(F)(F)F)cc2s1. The van der Waals surface area contributed by atoms with E-state index in [0.29, 0.717) is 15.0 Å². The van der Waals surface area contributed by atoms with Crippen LogP contribution in [-0.2, 0) is 6.18 Å². The topological polar surface area (TPSA) is 66.0 Å². The number of aromatic amines is 1. The van der Waals surface area contributed by atoms with Gasteiger partial charge < -0.3 is 5.11 Å². The summed E-state index contributed by atoms with van der Waals surface area (Å²) in [6.45, 7) is 0. The van der Waals surface area contributed by atoms with Gasteiger partial charge in [0.15, 0.2) is 0 Å². The van der Waals surface area contributed by atoms with Crippen LogP contribution in [-0.4, -0.2) is 21.3 Å². The van der Waals surface area contributed by atoms with Gasteiger partial charge in [-0.25, -0.2) is 4.79 Å². The second-order valence-electron chi connectivity index (χ2n) is 4.32. The number of carboxylic acids is 1. The molecular weight excluding hydrogens is 305 g/mol. The van der Waals surface area contributed by atoms with Crippen molar-refractivity contribution < 1.29 is 23.1 Å². The van der Waals surface area contributed by atoms with Crippen LogP contribution in [0.1, 0.15) is 15.9 Å². The number of rotatable bonds is 2. The summed E-state index contributed by atoms with van der Waals surface area (Å²) in [5, 5.41) is 15.9. The van der Waals surface area contributed by atoms with E-state index in [1.807, 2.05) is 0 Å². The summed E-state index contributed by atoms with van der Waals surface area (Å²) in [4.78, 5) is 11.6. The second-order valence-corrected chi connectivity index (χ2v) is 5.41. The van der Waals surface area contributed by atoms with Gasteiger partial charge in [0.25, 0.3) is 0 Å². The molecule has 8 heteroatoms. The Hall–Kier alpha value is -2.35. The smallest absolute Gasteiger partial charge is 0.416 e. The highest BCUT2D eigenvalue weighted by Crippen LogP contribution is 2.37. The van der Waals surface area contributed by atoms with Crippen molar-refractivity contribution in [1.82, 2.24) is 10.2 Å². The van der Waals surface area contributed by atoms with Crippen LogP contribution in [0.25, 0.3) is 20.7 Å².